The number of nitrogens with one attached hydrogen (secondary N) is 2. The van der Waals surface area contributed by atoms with Crippen molar-refractivity contribution in [1.82, 2.24) is 0 Å². The third-order valence-corrected chi connectivity index (χ3v) is 3.89. The Labute approximate surface area is 132 Å². The maximum atomic E-state index is 11.8. The molecule has 1 fully saturated rings. The number of amides is 2. The zero-order valence-corrected chi connectivity index (χ0v) is 13.4. The molecule has 0 radical (unpaired) electrons. The first-order valence-corrected chi connectivity index (χ1v) is 8.40. The van der Waals surface area contributed by atoms with Gasteiger partial charge in [-0.25, -0.2) is 0 Å². The van der Waals surface area contributed by atoms with Crippen molar-refractivity contribution in [3.8, 4) is 0 Å². The minimum Gasteiger partial charge on any atom is -0.326 e. The molecular weight excluding hydrogens is 276 g/mol. The predicted octanol–water partition coefficient (Wildman–Crippen LogP) is 4.33. The number of anilines is 2. The van der Waals surface area contributed by atoms with Crippen LogP contribution < -0.4 is 10.6 Å². The first-order chi connectivity index (χ1) is 10.7. The number of hydrogen-bond donors (Lipinski definition) is 2. The van der Waals surface area contributed by atoms with Gasteiger partial charge in [-0.3, -0.25) is 9.59 Å². The molecule has 0 aliphatic heterocycles. The van der Waals surface area contributed by atoms with Crippen LogP contribution in [-0.4, -0.2) is 11.8 Å². The molecule has 0 saturated heterocycles. The van der Waals surface area contributed by atoms with Crippen LogP contribution in [0.25, 0.3) is 0 Å². The van der Waals surface area contributed by atoms with Gasteiger partial charge in [-0.15, -0.1) is 0 Å². The standard InChI is InChI=1S/C18H26N2O2/c1-2-3-4-5-6-7-17(21)19-15-10-12-16(13-11-15)20-18(22)14-8-9-14/h10-14H,2-9H2,1H3,(H,19,21)(H,20,22). The highest BCUT2D eigenvalue weighted by Crippen LogP contribution is 2.30. The fourth-order valence-corrected chi connectivity index (χ4v) is 2.34. The molecule has 0 bridgehead atoms. The number of carbonyl (C=O) groups is 2. The quantitative estimate of drug-likeness (QED) is 0.667. The summed E-state index contributed by atoms with van der Waals surface area (Å²) in [5, 5.41) is 5.78. The monoisotopic (exact) mass is 302 g/mol. The van der Waals surface area contributed by atoms with Gasteiger partial charge in [0.15, 0.2) is 0 Å². The second kappa shape index (κ2) is 8.57. The summed E-state index contributed by atoms with van der Waals surface area (Å²) in [6.07, 6.45) is 8.31. The Morgan fingerprint density at radius 2 is 1.55 bits per heavy atom. The smallest absolute Gasteiger partial charge is 0.227 e. The molecule has 0 heterocycles. The Balaban J connectivity index is 1.68. The molecule has 1 saturated carbocycles. The summed E-state index contributed by atoms with van der Waals surface area (Å²) >= 11 is 0. The van der Waals surface area contributed by atoms with Crippen molar-refractivity contribution in [2.24, 2.45) is 5.92 Å². The number of unbranched alkanes of at least 4 members (excludes halogenated alkanes) is 4. The number of hydrogen-bond acceptors (Lipinski definition) is 2. The molecular formula is C18H26N2O2. The van der Waals surface area contributed by atoms with Gasteiger partial charge in [-0.1, -0.05) is 32.6 Å². The number of benzene rings is 1. The van der Waals surface area contributed by atoms with E-state index >= 15 is 0 Å². The summed E-state index contributed by atoms with van der Waals surface area (Å²) in [5.41, 5.74) is 1.57. The van der Waals surface area contributed by atoms with Crippen LogP contribution in [0.1, 0.15) is 58.3 Å². The summed E-state index contributed by atoms with van der Waals surface area (Å²) in [5.74, 6) is 0.363. The van der Waals surface area contributed by atoms with Crippen LogP contribution in [-0.2, 0) is 9.59 Å². The highest BCUT2D eigenvalue weighted by molar-refractivity contribution is 5.95. The van der Waals surface area contributed by atoms with Gasteiger partial charge in [0.25, 0.3) is 0 Å². The lowest BCUT2D eigenvalue weighted by Gasteiger charge is -2.07. The van der Waals surface area contributed by atoms with E-state index < -0.39 is 0 Å². The highest BCUT2D eigenvalue weighted by atomic mass is 16.2. The normalized spacial score (nSPS) is 13.7. The third-order valence-electron chi connectivity index (χ3n) is 3.89. The fourth-order valence-electron chi connectivity index (χ4n) is 2.34. The largest absolute Gasteiger partial charge is 0.326 e. The van der Waals surface area contributed by atoms with Crippen molar-refractivity contribution >= 4 is 23.2 Å². The molecule has 4 heteroatoms. The molecule has 4 nitrogen and oxygen atoms in total. The van der Waals surface area contributed by atoms with E-state index in [2.05, 4.69) is 17.6 Å². The Kier molecular flexibility index (Phi) is 6.44. The van der Waals surface area contributed by atoms with E-state index in [9.17, 15) is 9.59 Å². The molecule has 2 amide bonds. The van der Waals surface area contributed by atoms with E-state index in [1.807, 2.05) is 24.3 Å². The Bertz CT molecular complexity index is 492. The summed E-state index contributed by atoms with van der Waals surface area (Å²) in [6, 6.07) is 7.32. The number of rotatable bonds is 9. The van der Waals surface area contributed by atoms with Crippen molar-refractivity contribution in [2.45, 2.75) is 58.3 Å². The lowest BCUT2D eigenvalue weighted by molar-refractivity contribution is -0.117. The van der Waals surface area contributed by atoms with E-state index in [0.717, 1.165) is 37.1 Å². The zero-order chi connectivity index (χ0) is 15.8. The van der Waals surface area contributed by atoms with Crippen LogP contribution in [0.2, 0.25) is 0 Å². The Hall–Kier alpha value is -1.84. The maximum absolute atomic E-state index is 11.8. The molecule has 1 aromatic rings. The molecule has 2 rings (SSSR count). The predicted molar refractivity (Wildman–Crippen MR) is 89.8 cm³/mol. The molecule has 1 aliphatic rings. The molecule has 0 spiro atoms. The highest BCUT2D eigenvalue weighted by Gasteiger charge is 2.29. The minimum atomic E-state index is 0.0614. The van der Waals surface area contributed by atoms with Crippen LogP contribution in [0.15, 0.2) is 24.3 Å². The van der Waals surface area contributed by atoms with Crippen molar-refractivity contribution in [3.05, 3.63) is 24.3 Å². The van der Waals surface area contributed by atoms with Crippen LogP contribution in [0.5, 0.6) is 0 Å². The molecule has 1 aromatic carbocycles. The first-order valence-electron chi connectivity index (χ1n) is 8.40. The second-order valence-electron chi connectivity index (χ2n) is 6.05. The van der Waals surface area contributed by atoms with Crippen LogP contribution in [0, 0.1) is 5.92 Å². The van der Waals surface area contributed by atoms with Crippen molar-refractivity contribution in [1.29, 1.82) is 0 Å². The van der Waals surface area contributed by atoms with Crippen molar-refractivity contribution < 1.29 is 9.59 Å². The lowest BCUT2D eigenvalue weighted by Crippen LogP contribution is -2.13. The lowest BCUT2D eigenvalue weighted by atomic mass is 10.1. The topological polar surface area (TPSA) is 58.2 Å². The van der Waals surface area contributed by atoms with Gasteiger partial charge in [0, 0.05) is 23.7 Å². The van der Waals surface area contributed by atoms with E-state index in [0.29, 0.717) is 6.42 Å². The average Bonchev–Trinajstić information content (AvgIpc) is 3.34. The van der Waals surface area contributed by atoms with Gasteiger partial charge >= 0.3 is 0 Å². The third kappa shape index (κ3) is 5.88. The van der Waals surface area contributed by atoms with E-state index in [1.54, 1.807) is 0 Å². The Morgan fingerprint density at radius 1 is 0.955 bits per heavy atom. The molecule has 0 unspecified atom stereocenters. The van der Waals surface area contributed by atoms with E-state index in [1.165, 1.54) is 19.3 Å². The van der Waals surface area contributed by atoms with Gasteiger partial charge in [-0.05, 0) is 43.5 Å². The van der Waals surface area contributed by atoms with Crippen LogP contribution >= 0.6 is 0 Å². The van der Waals surface area contributed by atoms with Gasteiger partial charge in [-0.2, -0.15) is 0 Å². The molecule has 0 aromatic heterocycles. The van der Waals surface area contributed by atoms with E-state index in [-0.39, 0.29) is 17.7 Å². The molecule has 22 heavy (non-hydrogen) atoms. The van der Waals surface area contributed by atoms with Crippen molar-refractivity contribution in [3.63, 3.8) is 0 Å². The summed E-state index contributed by atoms with van der Waals surface area (Å²) in [6.45, 7) is 2.18. The first kappa shape index (κ1) is 16.5. The zero-order valence-electron chi connectivity index (χ0n) is 13.4. The summed E-state index contributed by atoms with van der Waals surface area (Å²) in [4.78, 5) is 23.5. The SMILES string of the molecule is CCCCCCCC(=O)Nc1ccc(NC(=O)C2CC2)cc1. The fraction of sp³-hybridized carbons (Fsp3) is 0.556. The molecule has 0 atom stereocenters. The van der Waals surface area contributed by atoms with Gasteiger partial charge < -0.3 is 10.6 Å². The Morgan fingerprint density at radius 3 is 2.14 bits per heavy atom. The molecule has 1 aliphatic carbocycles. The molecule has 2 N–H and O–H groups in total. The average molecular weight is 302 g/mol. The van der Waals surface area contributed by atoms with Crippen molar-refractivity contribution in [2.75, 3.05) is 10.6 Å². The van der Waals surface area contributed by atoms with E-state index in [4.69, 9.17) is 0 Å². The van der Waals surface area contributed by atoms with Gasteiger partial charge in [0.1, 0.15) is 0 Å². The van der Waals surface area contributed by atoms with Gasteiger partial charge in [0.05, 0.1) is 0 Å². The minimum absolute atomic E-state index is 0.0614. The summed E-state index contributed by atoms with van der Waals surface area (Å²) < 4.78 is 0. The van der Waals surface area contributed by atoms with Gasteiger partial charge in [0.2, 0.25) is 11.8 Å². The summed E-state index contributed by atoms with van der Waals surface area (Å²) in [7, 11) is 0. The maximum Gasteiger partial charge on any atom is 0.227 e. The number of carbonyl (C=O) groups excluding carboxylic acids is 2. The second-order valence-corrected chi connectivity index (χ2v) is 6.05. The molecule has 120 valence electrons. The van der Waals surface area contributed by atoms with Crippen LogP contribution in [0.4, 0.5) is 11.4 Å². The van der Waals surface area contributed by atoms with Crippen LogP contribution in [0.3, 0.4) is 0 Å².